The molecule has 0 spiro atoms. The van der Waals surface area contributed by atoms with Gasteiger partial charge in [0.25, 0.3) is 0 Å². The minimum absolute atomic E-state index is 0.154. The Kier molecular flexibility index (Phi) is 5.75. The first-order valence-corrected chi connectivity index (χ1v) is 9.83. The molecule has 6 heteroatoms. The molecule has 148 valence electrons. The highest BCUT2D eigenvalue weighted by Gasteiger charge is 2.34. The molecule has 1 aromatic rings. The van der Waals surface area contributed by atoms with Crippen molar-refractivity contribution in [2.75, 3.05) is 26.2 Å². The molecule has 2 atom stereocenters. The fourth-order valence-corrected chi connectivity index (χ4v) is 4.22. The van der Waals surface area contributed by atoms with Crippen LogP contribution in [0.4, 0.5) is 4.79 Å². The number of amides is 2. The van der Waals surface area contributed by atoms with Crippen LogP contribution in [0.3, 0.4) is 0 Å². The van der Waals surface area contributed by atoms with Crippen LogP contribution in [0.1, 0.15) is 38.3 Å². The lowest BCUT2D eigenvalue weighted by molar-refractivity contribution is -0.143. The van der Waals surface area contributed by atoms with Gasteiger partial charge in [0.1, 0.15) is 0 Å². The molecule has 1 aromatic carbocycles. The van der Waals surface area contributed by atoms with Crippen LogP contribution in [-0.2, 0) is 17.8 Å². The lowest BCUT2D eigenvalue weighted by Crippen LogP contribution is -2.56. The van der Waals surface area contributed by atoms with Gasteiger partial charge in [-0.25, -0.2) is 4.79 Å². The van der Waals surface area contributed by atoms with E-state index >= 15 is 0 Å². The van der Waals surface area contributed by atoms with Crippen LogP contribution in [-0.4, -0.2) is 58.6 Å². The first kappa shape index (κ1) is 19.7. The summed E-state index contributed by atoms with van der Waals surface area (Å²) in [6.07, 6.45) is 1.66. The summed E-state index contributed by atoms with van der Waals surface area (Å²) >= 11 is 0. The van der Waals surface area contributed by atoms with Crippen LogP contribution in [0.2, 0.25) is 0 Å². The minimum Gasteiger partial charge on any atom is -0.481 e. The Bertz CT molecular complexity index is 704. The number of aliphatic carboxylic acids is 1. The molecular weight excluding hydrogens is 342 g/mol. The highest BCUT2D eigenvalue weighted by atomic mass is 16.4. The summed E-state index contributed by atoms with van der Waals surface area (Å²) in [7, 11) is 0. The third-order valence-electron chi connectivity index (χ3n) is 5.96. The van der Waals surface area contributed by atoms with Crippen LogP contribution in [0.15, 0.2) is 24.3 Å². The third kappa shape index (κ3) is 4.61. The molecule has 0 bridgehead atoms. The van der Waals surface area contributed by atoms with Gasteiger partial charge in [-0.15, -0.1) is 0 Å². The number of benzene rings is 1. The molecule has 2 amide bonds. The maximum absolute atomic E-state index is 12.6. The first-order chi connectivity index (χ1) is 12.8. The number of fused-ring (bicyclic) bond motifs is 1. The monoisotopic (exact) mass is 373 g/mol. The molecular formula is C21H31N3O3. The number of carbonyl (C=O) groups excluding carboxylic acids is 1. The van der Waals surface area contributed by atoms with E-state index in [1.807, 2.05) is 6.92 Å². The van der Waals surface area contributed by atoms with Crippen molar-refractivity contribution in [3.05, 3.63) is 35.4 Å². The Balaban J connectivity index is 1.57. The molecule has 27 heavy (non-hydrogen) atoms. The lowest BCUT2D eigenvalue weighted by Gasteiger charge is -2.42. The number of carboxylic acids is 1. The molecule has 0 radical (unpaired) electrons. The molecule has 0 aromatic heterocycles. The normalized spacial score (nSPS) is 23.6. The zero-order chi connectivity index (χ0) is 19.6. The number of urea groups is 1. The third-order valence-corrected chi connectivity index (χ3v) is 5.96. The van der Waals surface area contributed by atoms with Gasteiger partial charge in [0.15, 0.2) is 0 Å². The van der Waals surface area contributed by atoms with Crippen LogP contribution in [0.5, 0.6) is 0 Å². The molecule has 1 fully saturated rings. The number of likely N-dealkylation sites (tertiary alicyclic amines) is 1. The van der Waals surface area contributed by atoms with Gasteiger partial charge in [-0.05, 0) is 43.7 Å². The number of rotatable bonds is 4. The summed E-state index contributed by atoms with van der Waals surface area (Å²) in [6, 6.07) is 8.38. The van der Waals surface area contributed by atoms with Gasteiger partial charge >= 0.3 is 12.0 Å². The molecule has 2 heterocycles. The van der Waals surface area contributed by atoms with E-state index in [9.17, 15) is 14.7 Å². The van der Waals surface area contributed by atoms with Crippen molar-refractivity contribution in [1.82, 2.24) is 15.1 Å². The second-order valence-electron chi connectivity index (χ2n) is 8.69. The van der Waals surface area contributed by atoms with Gasteiger partial charge < -0.3 is 15.3 Å². The average Bonchev–Trinajstić information content (AvgIpc) is 2.65. The van der Waals surface area contributed by atoms with Gasteiger partial charge in [0.05, 0.1) is 5.92 Å². The highest BCUT2D eigenvalue weighted by Crippen LogP contribution is 2.25. The summed E-state index contributed by atoms with van der Waals surface area (Å²) in [6.45, 7) is 9.63. The van der Waals surface area contributed by atoms with Gasteiger partial charge in [-0.1, -0.05) is 31.2 Å². The van der Waals surface area contributed by atoms with Gasteiger partial charge in [-0.3, -0.25) is 9.69 Å². The standard InChI is InChI=1S/C21H31N3O3/c1-15-10-18(19(25)26)12-23(11-15)20(27)22-14-21(2,3)24-9-8-16-6-4-5-7-17(16)13-24/h4-7,15,18H,8-14H2,1-3H3,(H,22,27)(H,25,26). The molecule has 0 saturated carbocycles. The lowest BCUT2D eigenvalue weighted by atomic mass is 9.91. The quantitative estimate of drug-likeness (QED) is 0.851. The maximum atomic E-state index is 12.6. The van der Waals surface area contributed by atoms with Crippen molar-refractivity contribution in [1.29, 1.82) is 0 Å². The minimum atomic E-state index is -0.813. The SMILES string of the molecule is CC1CC(C(=O)O)CN(C(=O)NCC(C)(C)N2CCc3ccccc3C2)C1. The second-order valence-corrected chi connectivity index (χ2v) is 8.69. The smallest absolute Gasteiger partial charge is 0.317 e. The first-order valence-electron chi connectivity index (χ1n) is 9.83. The second kappa shape index (κ2) is 7.89. The van der Waals surface area contributed by atoms with Crippen molar-refractivity contribution in [3.63, 3.8) is 0 Å². The van der Waals surface area contributed by atoms with Crippen LogP contribution in [0.25, 0.3) is 0 Å². The predicted octanol–water partition coefficient (Wildman–Crippen LogP) is 2.58. The Hall–Kier alpha value is -2.08. The number of nitrogens with one attached hydrogen (secondary N) is 1. The fourth-order valence-electron chi connectivity index (χ4n) is 4.22. The van der Waals surface area contributed by atoms with Crippen LogP contribution >= 0.6 is 0 Å². The van der Waals surface area contributed by atoms with E-state index < -0.39 is 11.9 Å². The number of carbonyl (C=O) groups is 2. The number of carboxylic acid groups (broad SMARTS) is 1. The molecule has 1 saturated heterocycles. The Morgan fingerprint density at radius 1 is 1.22 bits per heavy atom. The van der Waals surface area contributed by atoms with E-state index in [1.165, 1.54) is 11.1 Å². The molecule has 0 aliphatic carbocycles. The molecule has 2 aliphatic rings. The molecule has 2 unspecified atom stereocenters. The molecule has 2 aliphatic heterocycles. The highest BCUT2D eigenvalue weighted by molar-refractivity contribution is 5.76. The van der Waals surface area contributed by atoms with E-state index in [0.717, 1.165) is 19.5 Å². The van der Waals surface area contributed by atoms with Gasteiger partial charge in [-0.2, -0.15) is 0 Å². The van der Waals surface area contributed by atoms with Crippen molar-refractivity contribution < 1.29 is 14.7 Å². The molecule has 3 rings (SSSR count). The topological polar surface area (TPSA) is 72.9 Å². The Labute approximate surface area is 161 Å². The van der Waals surface area contributed by atoms with Crippen LogP contribution < -0.4 is 5.32 Å². The zero-order valence-electron chi connectivity index (χ0n) is 16.6. The summed E-state index contributed by atoms with van der Waals surface area (Å²) in [5.74, 6) is -1.07. The zero-order valence-corrected chi connectivity index (χ0v) is 16.6. The molecule has 6 nitrogen and oxygen atoms in total. The molecule has 2 N–H and O–H groups in total. The van der Waals surface area contributed by atoms with E-state index in [0.29, 0.717) is 26.1 Å². The summed E-state index contributed by atoms with van der Waals surface area (Å²) in [4.78, 5) is 28.0. The summed E-state index contributed by atoms with van der Waals surface area (Å²) in [5, 5.41) is 12.3. The van der Waals surface area contributed by atoms with Crippen molar-refractivity contribution in [2.45, 2.75) is 45.7 Å². The number of nitrogens with zero attached hydrogens (tertiary/aromatic N) is 2. The predicted molar refractivity (Wildman–Crippen MR) is 105 cm³/mol. The van der Waals surface area contributed by atoms with Crippen molar-refractivity contribution in [2.24, 2.45) is 11.8 Å². The maximum Gasteiger partial charge on any atom is 0.317 e. The Morgan fingerprint density at radius 3 is 2.63 bits per heavy atom. The summed E-state index contributed by atoms with van der Waals surface area (Å²) < 4.78 is 0. The van der Waals surface area contributed by atoms with E-state index in [1.54, 1.807) is 4.90 Å². The summed E-state index contributed by atoms with van der Waals surface area (Å²) in [5.41, 5.74) is 2.60. The van der Waals surface area contributed by atoms with Gasteiger partial charge in [0, 0.05) is 38.3 Å². The number of hydrogen-bond acceptors (Lipinski definition) is 3. The number of hydrogen-bond donors (Lipinski definition) is 2. The Morgan fingerprint density at radius 2 is 1.93 bits per heavy atom. The van der Waals surface area contributed by atoms with Gasteiger partial charge in [0.2, 0.25) is 0 Å². The fraction of sp³-hybridized carbons (Fsp3) is 0.619. The average molecular weight is 373 g/mol. The van der Waals surface area contributed by atoms with E-state index in [4.69, 9.17) is 0 Å². The van der Waals surface area contributed by atoms with Crippen molar-refractivity contribution >= 4 is 12.0 Å². The van der Waals surface area contributed by atoms with Crippen LogP contribution in [0, 0.1) is 11.8 Å². The van der Waals surface area contributed by atoms with Crippen molar-refractivity contribution in [3.8, 4) is 0 Å². The van der Waals surface area contributed by atoms with E-state index in [2.05, 4.69) is 48.3 Å². The largest absolute Gasteiger partial charge is 0.481 e. The van der Waals surface area contributed by atoms with E-state index in [-0.39, 0.29) is 17.5 Å². The number of piperidine rings is 1.